The molecule has 1 rings (SSSR count). The molecule has 0 aromatic heterocycles. The maximum Gasteiger partial charge on any atom is 0.0717 e. The molecule has 0 spiro atoms. The Labute approximate surface area is 61.2 Å². The minimum absolute atomic E-state index is 0.122. The van der Waals surface area contributed by atoms with E-state index in [-0.39, 0.29) is 5.60 Å². The van der Waals surface area contributed by atoms with Crippen LogP contribution in [0.5, 0.6) is 0 Å². The van der Waals surface area contributed by atoms with Crippen LogP contribution in [0.3, 0.4) is 0 Å². The fourth-order valence-electron chi connectivity index (χ4n) is 0.776. The first-order chi connectivity index (χ1) is 4.10. The molecule has 0 bridgehead atoms. The van der Waals surface area contributed by atoms with Crippen LogP contribution in [0, 0.1) is 0 Å². The number of ether oxygens (including phenoxy) is 1. The van der Waals surface area contributed by atoms with E-state index in [1.807, 2.05) is 11.8 Å². The maximum absolute atomic E-state index is 5.56. The molecule has 1 atom stereocenters. The molecular weight excluding hydrogens is 132 g/mol. The standard InChI is InChI=1S/C7H14OS/c1-6-4-8-7(2,3)5-9-6/h6H,4-5H2,1-3H3. The molecule has 54 valence electrons. The number of rotatable bonds is 0. The van der Waals surface area contributed by atoms with Crippen LogP contribution in [0.15, 0.2) is 0 Å². The molecule has 0 saturated carbocycles. The summed E-state index contributed by atoms with van der Waals surface area (Å²) in [4.78, 5) is 0. The maximum atomic E-state index is 5.56. The molecule has 1 saturated heterocycles. The highest BCUT2D eigenvalue weighted by atomic mass is 32.2. The predicted octanol–water partition coefficient (Wildman–Crippen LogP) is 1.92. The average molecular weight is 146 g/mol. The molecule has 2 heteroatoms. The predicted molar refractivity (Wildman–Crippen MR) is 42.0 cm³/mol. The van der Waals surface area contributed by atoms with Gasteiger partial charge in [-0.3, -0.25) is 0 Å². The topological polar surface area (TPSA) is 9.23 Å². The highest BCUT2D eigenvalue weighted by molar-refractivity contribution is 8.00. The van der Waals surface area contributed by atoms with Crippen LogP contribution in [-0.4, -0.2) is 23.2 Å². The summed E-state index contributed by atoms with van der Waals surface area (Å²) in [6.07, 6.45) is 0. The van der Waals surface area contributed by atoms with Gasteiger partial charge < -0.3 is 4.74 Å². The van der Waals surface area contributed by atoms with Crippen molar-refractivity contribution in [2.75, 3.05) is 12.4 Å². The summed E-state index contributed by atoms with van der Waals surface area (Å²) in [5, 5.41) is 0.693. The van der Waals surface area contributed by atoms with Crippen LogP contribution < -0.4 is 0 Å². The molecule has 1 heterocycles. The van der Waals surface area contributed by atoms with E-state index in [1.54, 1.807) is 0 Å². The fraction of sp³-hybridized carbons (Fsp3) is 1.00. The molecule has 0 aromatic rings. The van der Waals surface area contributed by atoms with E-state index in [0.717, 1.165) is 12.4 Å². The highest BCUT2D eigenvalue weighted by Gasteiger charge is 2.25. The van der Waals surface area contributed by atoms with E-state index in [0.29, 0.717) is 5.25 Å². The lowest BCUT2D eigenvalue weighted by atomic mass is 10.2. The quantitative estimate of drug-likeness (QED) is 0.516. The number of thioether (sulfide) groups is 1. The Hall–Kier alpha value is 0.310. The average Bonchev–Trinajstić information content (AvgIpc) is 1.78. The molecule has 0 amide bonds. The number of hydrogen-bond acceptors (Lipinski definition) is 2. The van der Waals surface area contributed by atoms with Crippen LogP contribution >= 0.6 is 11.8 Å². The Morgan fingerprint density at radius 3 is 2.56 bits per heavy atom. The van der Waals surface area contributed by atoms with Crippen LogP contribution in [0.25, 0.3) is 0 Å². The summed E-state index contributed by atoms with van der Waals surface area (Å²) in [5.41, 5.74) is 0.122. The van der Waals surface area contributed by atoms with Crippen molar-refractivity contribution < 1.29 is 4.74 Å². The molecule has 9 heavy (non-hydrogen) atoms. The van der Waals surface area contributed by atoms with Crippen molar-refractivity contribution in [3.63, 3.8) is 0 Å². The summed E-state index contributed by atoms with van der Waals surface area (Å²) in [6.45, 7) is 7.41. The van der Waals surface area contributed by atoms with Gasteiger partial charge in [0.15, 0.2) is 0 Å². The summed E-state index contributed by atoms with van der Waals surface area (Å²) in [7, 11) is 0. The Morgan fingerprint density at radius 1 is 1.56 bits per heavy atom. The van der Waals surface area contributed by atoms with E-state index in [4.69, 9.17) is 4.74 Å². The molecule has 0 aliphatic carbocycles. The minimum atomic E-state index is 0.122. The van der Waals surface area contributed by atoms with Crippen LogP contribution in [0.1, 0.15) is 20.8 Å². The van der Waals surface area contributed by atoms with Crippen molar-refractivity contribution in [1.29, 1.82) is 0 Å². The van der Waals surface area contributed by atoms with Gasteiger partial charge in [-0.1, -0.05) is 6.92 Å². The van der Waals surface area contributed by atoms with Crippen molar-refractivity contribution in [3.05, 3.63) is 0 Å². The Morgan fingerprint density at radius 2 is 2.22 bits per heavy atom. The Kier molecular flexibility index (Phi) is 2.07. The SMILES string of the molecule is CC1COC(C)(C)CS1. The largest absolute Gasteiger partial charge is 0.374 e. The van der Waals surface area contributed by atoms with Crippen molar-refractivity contribution in [3.8, 4) is 0 Å². The molecule has 0 aromatic carbocycles. The normalized spacial score (nSPS) is 34.3. The van der Waals surface area contributed by atoms with Gasteiger partial charge in [0.2, 0.25) is 0 Å². The second-order valence-corrected chi connectivity index (χ2v) is 4.62. The first kappa shape index (κ1) is 7.42. The van der Waals surface area contributed by atoms with Crippen LogP contribution in [-0.2, 0) is 4.74 Å². The second kappa shape index (κ2) is 2.51. The third-order valence-electron chi connectivity index (χ3n) is 1.42. The zero-order valence-corrected chi connectivity index (χ0v) is 7.12. The lowest BCUT2D eigenvalue weighted by Crippen LogP contribution is -2.35. The third-order valence-corrected chi connectivity index (χ3v) is 2.99. The summed E-state index contributed by atoms with van der Waals surface area (Å²) in [5.74, 6) is 1.13. The monoisotopic (exact) mass is 146 g/mol. The number of hydrogen-bond donors (Lipinski definition) is 0. The van der Waals surface area contributed by atoms with Crippen molar-refractivity contribution >= 4 is 11.8 Å². The Bertz CT molecular complexity index is 91.1. The molecule has 1 unspecified atom stereocenters. The first-order valence-electron chi connectivity index (χ1n) is 3.36. The zero-order valence-electron chi connectivity index (χ0n) is 6.31. The van der Waals surface area contributed by atoms with Crippen molar-refractivity contribution in [1.82, 2.24) is 0 Å². The van der Waals surface area contributed by atoms with Gasteiger partial charge in [-0.2, -0.15) is 11.8 Å². The minimum Gasteiger partial charge on any atom is -0.374 e. The zero-order chi connectivity index (χ0) is 6.91. The lowest BCUT2D eigenvalue weighted by molar-refractivity contribution is -0.00355. The van der Waals surface area contributed by atoms with Crippen LogP contribution in [0.2, 0.25) is 0 Å². The van der Waals surface area contributed by atoms with Gasteiger partial charge in [0.1, 0.15) is 0 Å². The second-order valence-electron chi connectivity index (χ2n) is 3.19. The van der Waals surface area contributed by atoms with E-state index >= 15 is 0 Å². The molecule has 1 fully saturated rings. The highest BCUT2D eigenvalue weighted by Crippen LogP contribution is 2.26. The summed E-state index contributed by atoms with van der Waals surface area (Å²) >= 11 is 2.00. The fourth-order valence-corrected chi connectivity index (χ4v) is 1.71. The third kappa shape index (κ3) is 2.18. The van der Waals surface area contributed by atoms with Gasteiger partial charge in [0.25, 0.3) is 0 Å². The molecular formula is C7H14OS. The van der Waals surface area contributed by atoms with E-state index in [1.165, 1.54) is 0 Å². The van der Waals surface area contributed by atoms with E-state index in [2.05, 4.69) is 20.8 Å². The van der Waals surface area contributed by atoms with E-state index in [9.17, 15) is 0 Å². The van der Waals surface area contributed by atoms with Crippen molar-refractivity contribution in [2.45, 2.75) is 31.6 Å². The van der Waals surface area contributed by atoms with E-state index < -0.39 is 0 Å². The summed E-state index contributed by atoms with van der Waals surface area (Å²) < 4.78 is 5.56. The Balaban J connectivity index is 2.35. The molecule has 0 N–H and O–H groups in total. The lowest BCUT2D eigenvalue weighted by Gasteiger charge is -2.32. The van der Waals surface area contributed by atoms with Gasteiger partial charge in [-0.25, -0.2) is 0 Å². The molecule has 1 aliphatic heterocycles. The van der Waals surface area contributed by atoms with Gasteiger partial charge in [0, 0.05) is 11.0 Å². The van der Waals surface area contributed by atoms with Crippen molar-refractivity contribution in [2.24, 2.45) is 0 Å². The van der Waals surface area contributed by atoms with Gasteiger partial charge in [-0.15, -0.1) is 0 Å². The van der Waals surface area contributed by atoms with Gasteiger partial charge in [0.05, 0.1) is 12.2 Å². The summed E-state index contributed by atoms with van der Waals surface area (Å²) in [6, 6.07) is 0. The van der Waals surface area contributed by atoms with Gasteiger partial charge in [-0.05, 0) is 13.8 Å². The molecule has 1 nitrogen and oxygen atoms in total. The first-order valence-corrected chi connectivity index (χ1v) is 4.41. The smallest absolute Gasteiger partial charge is 0.0717 e. The van der Waals surface area contributed by atoms with Crippen LogP contribution in [0.4, 0.5) is 0 Å². The molecule has 1 aliphatic rings. The molecule has 0 radical (unpaired) electrons. The van der Waals surface area contributed by atoms with Gasteiger partial charge >= 0.3 is 0 Å².